The van der Waals surface area contributed by atoms with Gasteiger partial charge in [0.1, 0.15) is 0 Å². The van der Waals surface area contributed by atoms with E-state index in [0.29, 0.717) is 31.8 Å². The number of hydrogen-bond donors (Lipinski definition) is 1. The summed E-state index contributed by atoms with van der Waals surface area (Å²) in [5.74, 6) is 0.441. The van der Waals surface area contributed by atoms with Crippen LogP contribution in [0.15, 0.2) is 0 Å². The van der Waals surface area contributed by atoms with E-state index in [0.717, 1.165) is 19.4 Å². The third-order valence-electron chi connectivity index (χ3n) is 4.45. The average Bonchev–Trinajstić information content (AvgIpc) is 2.59. The van der Waals surface area contributed by atoms with Crippen molar-refractivity contribution in [3.05, 3.63) is 0 Å². The van der Waals surface area contributed by atoms with Crippen molar-refractivity contribution in [1.82, 2.24) is 5.32 Å². The van der Waals surface area contributed by atoms with E-state index in [9.17, 15) is 0 Å². The molecule has 2 aliphatic rings. The van der Waals surface area contributed by atoms with E-state index in [4.69, 9.17) is 14.2 Å². The van der Waals surface area contributed by atoms with Crippen molar-refractivity contribution in [2.75, 3.05) is 26.4 Å². The zero-order valence-corrected chi connectivity index (χ0v) is 13.7. The fourth-order valence-corrected chi connectivity index (χ4v) is 3.72. The number of hydrogen-bond acceptors (Lipinski definition) is 4. The van der Waals surface area contributed by atoms with E-state index in [2.05, 4.69) is 39.9 Å². The molecule has 0 saturated carbocycles. The molecular formula is C16H31NO3. The van der Waals surface area contributed by atoms with Gasteiger partial charge in [0, 0.05) is 12.0 Å². The summed E-state index contributed by atoms with van der Waals surface area (Å²) in [6.07, 6.45) is 2.32. The van der Waals surface area contributed by atoms with E-state index in [1.165, 1.54) is 0 Å². The molecule has 0 aromatic carbocycles. The van der Waals surface area contributed by atoms with Crippen molar-refractivity contribution in [2.45, 2.75) is 70.8 Å². The van der Waals surface area contributed by atoms with Crippen LogP contribution in [0.1, 0.15) is 47.5 Å². The van der Waals surface area contributed by atoms with Gasteiger partial charge < -0.3 is 19.5 Å². The Bertz CT molecular complexity index is 311. The van der Waals surface area contributed by atoms with Crippen LogP contribution in [0.5, 0.6) is 0 Å². The largest absolute Gasteiger partial charge is 0.376 e. The van der Waals surface area contributed by atoms with Crippen molar-refractivity contribution in [3.63, 3.8) is 0 Å². The molecule has 2 heterocycles. The highest BCUT2D eigenvalue weighted by Crippen LogP contribution is 2.44. The highest BCUT2D eigenvalue weighted by molar-refractivity contribution is 5.02. The van der Waals surface area contributed by atoms with E-state index >= 15 is 0 Å². The second-order valence-corrected chi connectivity index (χ2v) is 7.24. The Morgan fingerprint density at radius 3 is 2.45 bits per heavy atom. The number of nitrogens with one attached hydrogen (secondary N) is 1. The van der Waals surface area contributed by atoms with Gasteiger partial charge in [0.15, 0.2) is 0 Å². The van der Waals surface area contributed by atoms with Crippen LogP contribution in [0.3, 0.4) is 0 Å². The molecule has 3 atom stereocenters. The summed E-state index contributed by atoms with van der Waals surface area (Å²) in [6, 6.07) is 0.298. The molecule has 2 rings (SSSR count). The minimum Gasteiger partial charge on any atom is -0.376 e. The summed E-state index contributed by atoms with van der Waals surface area (Å²) in [7, 11) is 0. The lowest BCUT2D eigenvalue weighted by atomic mass is 9.79. The Morgan fingerprint density at radius 2 is 1.95 bits per heavy atom. The van der Waals surface area contributed by atoms with E-state index in [1.807, 2.05) is 0 Å². The van der Waals surface area contributed by atoms with Gasteiger partial charge in [0.25, 0.3) is 0 Å². The lowest BCUT2D eigenvalue weighted by Gasteiger charge is -2.39. The Hall–Kier alpha value is -0.160. The standard InChI is InChI=1S/C16H31NO3/c1-6-7-17-14(13-11-18-8-9-19-13)12-10-15(2,3)20-16(12,4)5/h12-14,17H,6-11H2,1-5H3. The highest BCUT2D eigenvalue weighted by atomic mass is 16.6. The summed E-state index contributed by atoms with van der Waals surface area (Å²) in [5, 5.41) is 3.69. The smallest absolute Gasteiger partial charge is 0.0965 e. The first-order chi connectivity index (χ1) is 9.36. The first-order valence-corrected chi connectivity index (χ1v) is 7.98. The maximum Gasteiger partial charge on any atom is 0.0965 e. The highest BCUT2D eigenvalue weighted by Gasteiger charge is 2.51. The lowest BCUT2D eigenvalue weighted by molar-refractivity contribution is -0.123. The number of ether oxygens (including phenoxy) is 3. The minimum atomic E-state index is -0.129. The zero-order chi connectivity index (χ0) is 14.8. The van der Waals surface area contributed by atoms with Gasteiger partial charge >= 0.3 is 0 Å². The van der Waals surface area contributed by atoms with Gasteiger partial charge in [-0.05, 0) is 47.1 Å². The average molecular weight is 285 g/mol. The maximum absolute atomic E-state index is 6.26. The minimum absolute atomic E-state index is 0.0597. The molecule has 0 aromatic rings. The van der Waals surface area contributed by atoms with Crippen LogP contribution in [0.2, 0.25) is 0 Å². The van der Waals surface area contributed by atoms with Crippen molar-refractivity contribution >= 4 is 0 Å². The van der Waals surface area contributed by atoms with E-state index in [-0.39, 0.29) is 17.3 Å². The van der Waals surface area contributed by atoms with Crippen LogP contribution >= 0.6 is 0 Å². The van der Waals surface area contributed by atoms with Crippen molar-refractivity contribution in [3.8, 4) is 0 Å². The van der Waals surface area contributed by atoms with E-state index in [1.54, 1.807) is 0 Å². The topological polar surface area (TPSA) is 39.7 Å². The van der Waals surface area contributed by atoms with E-state index < -0.39 is 0 Å². The Balaban J connectivity index is 2.12. The first kappa shape index (κ1) is 16.2. The SMILES string of the molecule is CCCNC(C1COCCO1)C1CC(C)(C)OC1(C)C. The van der Waals surface area contributed by atoms with Crippen molar-refractivity contribution in [2.24, 2.45) is 5.92 Å². The molecule has 1 N–H and O–H groups in total. The summed E-state index contributed by atoms with van der Waals surface area (Å²) in [4.78, 5) is 0. The second kappa shape index (κ2) is 6.30. The van der Waals surface area contributed by atoms with Gasteiger partial charge in [0.05, 0.1) is 37.1 Å². The predicted molar refractivity (Wildman–Crippen MR) is 80.0 cm³/mol. The van der Waals surface area contributed by atoms with Gasteiger partial charge in [-0.2, -0.15) is 0 Å². The fraction of sp³-hybridized carbons (Fsp3) is 1.00. The quantitative estimate of drug-likeness (QED) is 0.842. The van der Waals surface area contributed by atoms with Gasteiger partial charge in [-0.1, -0.05) is 6.92 Å². The molecule has 2 fully saturated rings. The van der Waals surface area contributed by atoms with Gasteiger partial charge in [-0.3, -0.25) is 0 Å². The summed E-state index contributed by atoms with van der Waals surface area (Å²) >= 11 is 0. The van der Waals surface area contributed by atoms with Crippen molar-refractivity contribution in [1.29, 1.82) is 0 Å². The molecule has 0 bridgehead atoms. The normalized spacial score (nSPS) is 34.0. The predicted octanol–water partition coefficient (Wildman–Crippen LogP) is 2.36. The molecule has 4 nitrogen and oxygen atoms in total. The summed E-state index contributed by atoms with van der Waals surface area (Å²) in [6.45, 7) is 14.1. The third-order valence-corrected chi connectivity index (χ3v) is 4.45. The Kier molecular flexibility index (Phi) is 5.11. The third kappa shape index (κ3) is 3.73. The Labute approximate surface area is 123 Å². The van der Waals surface area contributed by atoms with Gasteiger partial charge in [-0.15, -0.1) is 0 Å². The molecule has 4 heteroatoms. The van der Waals surface area contributed by atoms with Crippen molar-refractivity contribution < 1.29 is 14.2 Å². The molecule has 118 valence electrons. The van der Waals surface area contributed by atoms with Crippen LogP contribution in [-0.2, 0) is 14.2 Å². The molecule has 0 spiro atoms. The molecule has 2 saturated heterocycles. The number of rotatable bonds is 5. The molecule has 0 amide bonds. The summed E-state index contributed by atoms with van der Waals surface area (Å²) in [5.41, 5.74) is -0.189. The van der Waals surface area contributed by atoms with Crippen LogP contribution in [-0.4, -0.2) is 49.7 Å². The van der Waals surface area contributed by atoms with Crippen LogP contribution in [0.4, 0.5) is 0 Å². The van der Waals surface area contributed by atoms with Crippen LogP contribution < -0.4 is 5.32 Å². The molecular weight excluding hydrogens is 254 g/mol. The molecule has 0 radical (unpaired) electrons. The maximum atomic E-state index is 6.26. The first-order valence-electron chi connectivity index (χ1n) is 7.98. The summed E-state index contributed by atoms with van der Waals surface area (Å²) < 4.78 is 17.8. The molecule has 0 aliphatic carbocycles. The molecule has 0 aromatic heterocycles. The lowest BCUT2D eigenvalue weighted by Crippen LogP contribution is -2.54. The fourth-order valence-electron chi connectivity index (χ4n) is 3.72. The molecule has 20 heavy (non-hydrogen) atoms. The van der Waals surface area contributed by atoms with Gasteiger partial charge in [-0.25, -0.2) is 0 Å². The molecule has 2 aliphatic heterocycles. The van der Waals surface area contributed by atoms with Crippen LogP contribution in [0.25, 0.3) is 0 Å². The monoisotopic (exact) mass is 285 g/mol. The molecule has 3 unspecified atom stereocenters. The van der Waals surface area contributed by atoms with Gasteiger partial charge in [0.2, 0.25) is 0 Å². The Morgan fingerprint density at radius 1 is 1.20 bits per heavy atom. The zero-order valence-electron chi connectivity index (χ0n) is 13.7. The second-order valence-electron chi connectivity index (χ2n) is 7.24. The van der Waals surface area contributed by atoms with Crippen LogP contribution in [0, 0.1) is 5.92 Å².